The Morgan fingerprint density at radius 1 is 1.31 bits per heavy atom. The fourth-order valence-corrected chi connectivity index (χ4v) is 2.44. The van der Waals surface area contributed by atoms with Gasteiger partial charge in [-0.25, -0.2) is 0 Å². The summed E-state index contributed by atoms with van der Waals surface area (Å²) in [5.41, 5.74) is 9.65. The van der Waals surface area contributed by atoms with Gasteiger partial charge in [0, 0.05) is 16.1 Å². The standard InChI is InChI=1S/C13H20BrNO/c1-7(2)12(15)11-9(4)10(14)6-8(3)13(11)16-5/h6-7,12H,15H2,1-5H3. The molecule has 2 N–H and O–H groups in total. The van der Waals surface area contributed by atoms with Crippen LogP contribution in [0.4, 0.5) is 0 Å². The first kappa shape index (κ1) is 13.5. The summed E-state index contributed by atoms with van der Waals surface area (Å²) >= 11 is 3.57. The van der Waals surface area contributed by atoms with Crippen LogP contribution in [0, 0.1) is 19.8 Å². The Balaban J connectivity index is 3.44. The zero-order valence-corrected chi connectivity index (χ0v) is 12.2. The van der Waals surface area contributed by atoms with Gasteiger partial charge in [0.2, 0.25) is 0 Å². The number of hydrogen-bond donors (Lipinski definition) is 1. The van der Waals surface area contributed by atoms with Crippen LogP contribution in [0.1, 0.15) is 36.6 Å². The van der Waals surface area contributed by atoms with E-state index in [1.807, 2.05) is 6.92 Å². The molecule has 0 aliphatic carbocycles. The van der Waals surface area contributed by atoms with Crippen LogP contribution >= 0.6 is 15.9 Å². The summed E-state index contributed by atoms with van der Waals surface area (Å²) < 4.78 is 6.58. The molecule has 16 heavy (non-hydrogen) atoms. The quantitative estimate of drug-likeness (QED) is 0.919. The van der Waals surface area contributed by atoms with Gasteiger partial charge in [-0.15, -0.1) is 0 Å². The maximum Gasteiger partial charge on any atom is 0.126 e. The molecule has 0 aromatic heterocycles. The second-order valence-corrected chi connectivity index (χ2v) is 5.37. The SMILES string of the molecule is COc1c(C)cc(Br)c(C)c1C(N)C(C)C. The second-order valence-electron chi connectivity index (χ2n) is 4.52. The largest absolute Gasteiger partial charge is 0.496 e. The fraction of sp³-hybridized carbons (Fsp3) is 0.538. The molecule has 0 aliphatic rings. The number of methoxy groups -OCH3 is 1. The van der Waals surface area contributed by atoms with E-state index in [2.05, 4.69) is 42.8 Å². The lowest BCUT2D eigenvalue weighted by Gasteiger charge is -2.23. The van der Waals surface area contributed by atoms with Crippen LogP contribution in [0.3, 0.4) is 0 Å². The molecule has 0 spiro atoms. The molecule has 2 nitrogen and oxygen atoms in total. The molecule has 0 saturated heterocycles. The van der Waals surface area contributed by atoms with Crippen molar-refractivity contribution < 1.29 is 4.74 Å². The lowest BCUT2D eigenvalue weighted by atomic mass is 9.91. The van der Waals surface area contributed by atoms with Crippen molar-refractivity contribution in [1.82, 2.24) is 0 Å². The number of rotatable bonds is 3. The topological polar surface area (TPSA) is 35.2 Å². The van der Waals surface area contributed by atoms with Gasteiger partial charge in [-0.1, -0.05) is 29.8 Å². The molecule has 0 saturated carbocycles. The lowest BCUT2D eigenvalue weighted by Crippen LogP contribution is -2.19. The van der Waals surface area contributed by atoms with E-state index < -0.39 is 0 Å². The van der Waals surface area contributed by atoms with E-state index in [-0.39, 0.29) is 6.04 Å². The first-order valence-electron chi connectivity index (χ1n) is 5.49. The van der Waals surface area contributed by atoms with Crippen LogP contribution < -0.4 is 10.5 Å². The van der Waals surface area contributed by atoms with Crippen LogP contribution in [0.25, 0.3) is 0 Å². The molecule has 0 heterocycles. The van der Waals surface area contributed by atoms with E-state index in [1.54, 1.807) is 7.11 Å². The van der Waals surface area contributed by atoms with Crippen LogP contribution in [-0.4, -0.2) is 7.11 Å². The maximum atomic E-state index is 6.25. The summed E-state index contributed by atoms with van der Waals surface area (Å²) in [7, 11) is 1.70. The summed E-state index contributed by atoms with van der Waals surface area (Å²) in [6.07, 6.45) is 0. The predicted molar refractivity (Wildman–Crippen MR) is 71.9 cm³/mol. The highest BCUT2D eigenvalue weighted by Crippen LogP contribution is 2.37. The molecule has 1 aromatic rings. The van der Waals surface area contributed by atoms with Crippen molar-refractivity contribution in [3.05, 3.63) is 27.2 Å². The third-order valence-electron chi connectivity index (χ3n) is 2.96. The highest BCUT2D eigenvalue weighted by molar-refractivity contribution is 9.10. The molecule has 0 fully saturated rings. The summed E-state index contributed by atoms with van der Waals surface area (Å²) in [5, 5.41) is 0. The van der Waals surface area contributed by atoms with Crippen LogP contribution in [0.15, 0.2) is 10.5 Å². The van der Waals surface area contributed by atoms with Gasteiger partial charge in [0.15, 0.2) is 0 Å². The van der Waals surface area contributed by atoms with E-state index in [1.165, 1.54) is 5.56 Å². The maximum absolute atomic E-state index is 6.25. The van der Waals surface area contributed by atoms with Gasteiger partial charge in [0.05, 0.1) is 7.11 Å². The molecular formula is C13H20BrNO. The number of hydrogen-bond acceptors (Lipinski definition) is 2. The first-order chi connectivity index (χ1) is 7.40. The van der Waals surface area contributed by atoms with Gasteiger partial charge in [-0.05, 0) is 37.0 Å². The Kier molecular flexibility index (Phi) is 4.39. The van der Waals surface area contributed by atoms with Crippen LogP contribution in [0.2, 0.25) is 0 Å². The molecular weight excluding hydrogens is 266 g/mol. The first-order valence-corrected chi connectivity index (χ1v) is 6.28. The summed E-state index contributed by atoms with van der Waals surface area (Å²) in [4.78, 5) is 0. The zero-order chi connectivity index (χ0) is 12.5. The molecule has 1 unspecified atom stereocenters. The smallest absolute Gasteiger partial charge is 0.126 e. The average molecular weight is 286 g/mol. The number of benzene rings is 1. The number of nitrogens with two attached hydrogens (primary N) is 1. The van der Waals surface area contributed by atoms with E-state index in [0.29, 0.717) is 5.92 Å². The molecule has 0 aliphatic heterocycles. The molecule has 1 rings (SSSR count). The third kappa shape index (κ3) is 2.41. The number of aryl methyl sites for hydroxylation is 1. The van der Waals surface area contributed by atoms with Crippen LogP contribution in [-0.2, 0) is 0 Å². The molecule has 0 amide bonds. The van der Waals surface area contributed by atoms with Crippen molar-refractivity contribution in [2.75, 3.05) is 7.11 Å². The predicted octanol–water partition coefficient (Wildman–Crippen LogP) is 3.73. The van der Waals surface area contributed by atoms with Gasteiger partial charge >= 0.3 is 0 Å². The van der Waals surface area contributed by atoms with E-state index in [9.17, 15) is 0 Å². The van der Waals surface area contributed by atoms with Crippen molar-refractivity contribution in [2.45, 2.75) is 33.7 Å². The minimum Gasteiger partial charge on any atom is -0.496 e. The molecule has 90 valence electrons. The minimum absolute atomic E-state index is 0.00569. The Bertz CT molecular complexity index is 388. The second kappa shape index (κ2) is 5.19. The van der Waals surface area contributed by atoms with Crippen molar-refractivity contribution >= 4 is 15.9 Å². The van der Waals surface area contributed by atoms with Gasteiger partial charge in [-0.3, -0.25) is 0 Å². The van der Waals surface area contributed by atoms with Crippen LogP contribution in [0.5, 0.6) is 5.75 Å². The van der Waals surface area contributed by atoms with Crippen molar-refractivity contribution in [3.63, 3.8) is 0 Å². The molecule has 3 heteroatoms. The number of ether oxygens (including phenoxy) is 1. The van der Waals surface area contributed by atoms with Gasteiger partial charge < -0.3 is 10.5 Å². The summed E-state index contributed by atoms with van der Waals surface area (Å²) in [5.74, 6) is 1.31. The van der Waals surface area contributed by atoms with Crippen molar-refractivity contribution in [2.24, 2.45) is 11.7 Å². The lowest BCUT2D eigenvalue weighted by molar-refractivity contribution is 0.392. The van der Waals surface area contributed by atoms with E-state index in [0.717, 1.165) is 21.3 Å². The Morgan fingerprint density at radius 3 is 2.31 bits per heavy atom. The number of halogens is 1. The monoisotopic (exact) mass is 285 g/mol. The molecule has 1 atom stereocenters. The van der Waals surface area contributed by atoms with Crippen molar-refractivity contribution in [3.8, 4) is 5.75 Å². The summed E-state index contributed by atoms with van der Waals surface area (Å²) in [6.45, 7) is 8.36. The van der Waals surface area contributed by atoms with Gasteiger partial charge in [0.1, 0.15) is 5.75 Å². The van der Waals surface area contributed by atoms with E-state index in [4.69, 9.17) is 10.5 Å². The summed E-state index contributed by atoms with van der Waals surface area (Å²) in [6, 6.07) is 2.08. The average Bonchev–Trinajstić information content (AvgIpc) is 2.21. The highest BCUT2D eigenvalue weighted by atomic mass is 79.9. The Hall–Kier alpha value is -0.540. The Morgan fingerprint density at radius 2 is 1.88 bits per heavy atom. The highest BCUT2D eigenvalue weighted by Gasteiger charge is 2.21. The van der Waals surface area contributed by atoms with Crippen molar-refractivity contribution in [1.29, 1.82) is 0 Å². The fourth-order valence-electron chi connectivity index (χ4n) is 1.88. The van der Waals surface area contributed by atoms with Gasteiger partial charge in [0.25, 0.3) is 0 Å². The van der Waals surface area contributed by atoms with Gasteiger partial charge in [-0.2, -0.15) is 0 Å². The minimum atomic E-state index is 0.00569. The molecule has 1 aromatic carbocycles. The van der Waals surface area contributed by atoms with E-state index >= 15 is 0 Å². The zero-order valence-electron chi connectivity index (χ0n) is 10.6. The Labute approximate surface area is 106 Å². The molecule has 0 bridgehead atoms. The third-order valence-corrected chi connectivity index (χ3v) is 3.79. The normalized spacial score (nSPS) is 13.0. The molecule has 0 radical (unpaired) electrons.